The lowest BCUT2D eigenvalue weighted by Gasteiger charge is -1.98. The molecule has 1 aromatic rings. The van der Waals surface area contributed by atoms with Crippen LogP contribution in [0.25, 0.3) is 0 Å². The van der Waals surface area contributed by atoms with Gasteiger partial charge in [0.1, 0.15) is 0 Å². The molecular formula is C9H12N2O2. The van der Waals surface area contributed by atoms with E-state index < -0.39 is 5.97 Å². The Morgan fingerprint density at radius 1 is 1.62 bits per heavy atom. The number of nitrogens with zero attached hydrogens (tertiary/aromatic N) is 2. The first-order valence-corrected chi connectivity index (χ1v) is 4.56. The summed E-state index contributed by atoms with van der Waals surface area (Å²) in [6.07, 6.45) is 2.91. The van der Waals surface area contributed by atoms with Crippen LogP contribution >= 0.6 is 0 Å². The molecule has 13 heavy (non-hydrogen) atoms. The summed E-state index contributed by atoms with van der Waals surface area (Å²) in [4.78, 5) is 10.8. The van der Waals surface area contributed by atoms with Gasteiger partial charge in [-0.3, -0.25) is 4.68 Å². The van der Waals surface area contributed by atoms with Crippen molar-refractivity contribution in [1.29, 1.82) is 0 Å². The fourth-order valence-corrected chi connectivity index (χ4v) is 1.94. The molecule has 0 saturated heterocycles. The molecule has 4 nitrogen and oxygen atoms in total. The van der Waals surface area contributed by atoms with Crippen molar-refractivity contribution >= 4 is 5.97 Å². The van der Waals surface area contributed by atoms with Crippen molar-refractivity contribution in [2.45, 2.75) is 32.7 Å². The second kappa shape index (κ2) is 2.87. The maximum atomic E-state index is 10.8. The Hall–Kier alpha value is -1.32. The van der Waals surface area contributed by atoms with Crippen LogP contribution in [-0.2, 0) is 19.4 Å². The molecule has 0 unspecified atom stereocenters. The Morgan fingerprint density at radius 3 is 3.00 bits per heavy atom. The molecule has 1 aliphatic rings. The highest BCUT2D eigenvalue weighted by atomic mass is 16.4. The van der Waals surface area contributed by atoms with Gasteiger partial charge >= 0.3 is 5.97 Å². The largest absolute Gasteiger partial charge is 0.476 e. The number of carboxylic acids is 1. The van der Waals surface area contributed by atoms with Gasteiger partial charge in [-0.25, -0.2) is 4.79 Å². The summed E-state index contributed by atoms with van der Waals surface area (Å²) >= 11 is 0. The van der Waals surface area contributed by atoms with E-state index in [1.807, 2.05) is 11.6 Å². The molecule has 1 heterocycles. The van der Waals surface area contributed by atoms with Crippen LogP contribution in [0.4, 0.5) is 0 Å². The maximum absolute atomic E-state index is 10.8. The number of aromatic nitrogens is 2. The smallest absolute Gasteiger partial charge is 0.356 e. The van der Waals surface area contributed by atoms with Gasteiger partial charge in [0.25, 0.3) is 0 Å². The van der Waals surface area contributed by atoms with Gasteiger partial charge in [0.05, 0.1) is 0 Å². The zero-order chi connectivity index (χ0) is 9.42. The highest BCUT2D eigenvalue weighted by Gasteiger charge is 2.25. The third-order valence-corrected chi connectivity index (χ3v) is 2.51. The van der Waals surface area contributed by atoms with Gasteiger partial charge in [-0.05, 0) is 26.2 Å². The molecule has 0 aromatic carbocycles. The molecule has 0 radical (unpaired) electrons. The van der Waals surface area contributed by atoms with E-state index in [0.717, 1.165) is 37.1 Å². The van der Waals surface area contributed by atoms with E-state index in [1.54, 1.807) is 0 Å². The van der Waals surface area contributed by atoms with E-state index in [-0.39, 0.29) is 5.69 Å². The number of hydrogen-bond donors (Lipinski definition) is 1. The summed E-state index contributed by atoms with van der Waals surface area (Å²) in [5, 5.41) is 12.9. The Balaban J connectivity index is 2.54. The monoisotopic (exact) mass is 180 g/mol. The van der Waals surface area contributed by atoms with Gasteiger partial charge in [-0.15, -0.1) is 0 Å². The lowest BCUT2D eigenvalue weighted by Crippen LogP contribution is -2.04. The molecule has 0 bridgehead atoms. The molecular weight excluding hydrogens is 168 g/mol. The Kier molecular flexibility index (Phi) is 1.83. The number of carboxylic acid groups (broad SMARTS) is 1. The molecule has 1 N–H and O–H groups in total. The van der Waals surface area contributed by atoms with Crippen molar-refractivity contribution in [3.05, 3.63) is 17.0 Å². The summed E-state index contributed by atoms with van der Waals surface area (Å²) in [6.45, 7) is 2.74. The first kappa shape index (κ1) is 8.29. The van der Waals surface area contributed by atoms with Crippen molar-refractivity contribution < 1.29 is 9.90 Å². The molecule has 0 fully saturated rings. The van der Waals surface area contributed by atoms with Crippen molar-refractivity contribution in [2.24, 2.45) is 0 Å². The van der Waals surface area contributed by atoms with E-state index in [4.69, 9.17) is 5.11 Å². The van der Waals surface area contributed by atoms with Gasteiger partial charge in [0.15, 0.2) is 5.69 Å². The minimum Gasteiger partial charge on any atom is -0.476 e. The SMILES string of the molecule is CCn1nc(C(=O)O)c2c1CCC2. The molecule has 4 heteroatoms. The number of carbonyl (C=O) groups is 1. The molecule has 1 aliphatic carbocycles. The maximum Gasteiger partial charge on any atom is 0.356 e. The van der Waals surface area contributed by atoms with Gasteiger partial charge in [-0.2, -0.15) is 5.10 Å². The van der Waals surface area contributed by atoms with E-state index in [9.17, 15) is 4.79 Å². The van der Waals surface area contributed by atoms with Crippen molar-refractivity contribution in [3.63, 3.8) is 0 Å². The van der Waals surface area contributed by atoms with E-state index >= 15 is 0 Å². The molecule has 0 saturated carbocycles. The predicted octanol–water partition coefficient (Wildman–Crippen LogP) is 1.09. The standard InChI is InChI=1S/C9H12N2O2/c1-2-11-7-5-3-4-6(7)8(10-11)9(12)13/h2-5H2,1H3,(H,12,13). The van der Waals surface area contributed by atoms with Gasteiger partial charge in [0.2, 0.25) is 0 Å². The van der Waals surface area contributed by atoms with Gasteiger partial charge in [-0.1, -0.05) is 0 Å². The third-order valence-electron chi connectivity index (χ3n) is 2.51. The lowest BCUT2D eigenvalue weighted by atomic mass is 10.2. The van der Waals surface area contributed by atoms with Crippen LogP contribution in [0.3, 0.4) is 0 Å². The molecule has 0 spiro atoms. The quantitative estimate of drug-likeness (QED) is 0.741. The van der Waals surface area contributed by atoms with Crippen LogP contribution in [0.15, 0.2) is 0 Å². The van der Waals surface area contributed by atoms with E-state index in [0.29, 0.717) is 0 Å². The lowest BCUT2D eigenvalue weighted by molar-refractivity contribution is 0.0688. The normalized spacial score (nSPS) is 14.5. The topological polar surface area (TPSA) is 55.1 Å². The van der Waals surface area contributed by atoms with Crippen LogP contribution < -0.4 is 0 Å². The zero-order valence-corrected chi connectivity index (χ0v) is 7.58. The first-order chi connectivity index (χ1) is 6.24. The second-order valence-corrected chi connectivity index (χ2v) is 3.25. The van der Waals surface area contributed by atoms with Crippen LogP contribution in [0.5, 0.6) is 0 Å². The van der Waals surface area contributed by atoms with Crippen LogP contribution in [0, 0.1) is 0 Å². The Labute approximate surface area is 76.2 Å². The zero-order valence-electron chi connectivity index (χ0n) is 7.58. The van der Waals surface area contributed by atoms with Crippen molar-refractivity contribution in [1.82, 2.24) is 9.78 Å². The van der Waals surface area contributed by atoms with E-state index in [1.165, 1.54) is 0 Å². The predicted molar refractivity (Wildman–Crippen MR) is 46.9 cm³/mol. The van der Waals surface area contributed by atoms with Gasteiger partial charge < -0.3 is 5.11 Å². The Bertz CT molecular complexity index is 355. The molecule has 2 rings (SSSR count). The third kappa shape index (κ3) is 1.13. The first-order valence-electron chi connectivity index (χ1n) is 4.56. The van der Waals surface area contributed by atoms with Crippen LogP contribution in [0.1, 0.15) is 35.1 Å². The molecule has 1 aromatic heterocycles. The minimum absolute atomic E-state index is 0.259. The molecule has 0 aliphatic heterocycles. The number of aryl methyl sites for hydroxylation is 1. The van der Waals surface area contributed by atoms with Gasteiger partial charge in [0, 0.05) is 17.8 Å². The molecule has 0 atom stereocenters. The summed E-state index contributed by atoms with van der Waals surface area (Å²) < 4.78 is 1.81. The fraction of sp³-hybridized carbons (Fsp3) is 0.556. The molecule has 70 valence electrons. The highest BCUT2D eigenvalue weighted by molar-refractivity contribution is 5.87. The minimum atomic E-state index is -0.898. The summed E-state index contributed by atoms with van der Waals surface area (Å²) in [6, 6.07) is 0. The average molecular weight is 180 g/mol. The summed E-state index contributed by atoms with van der Waals surface area (Å²) in [7, 11) is 0. The summed E-state index contributed by atoms with van der Waals surface area (Å²) in [5.41, 5.74) is 2.34. The molecule has 0 amide bonds. The second-order valence-electron chi connectivity index (χ2n) is 3.25. The van der Waals surface area contributed by atoms with Crippen LogP contribution in [0.2, 0.25) is 0 Å². The number of aromatic carboxylic acids is 1. The van der Waals surface area contributed by atoms with Crippen LogP contribution in [-0.4, -0.2) is 20.9 Å². The summed E-state index contributed by atoms with van der Waals surface area (Å²) in [5.74, 6) is -0.898. The Morgan fingerprint density at radius 2 is 2.38 bits per heavy atom. The number of fused-ring (bicyclic) bond motifs is 1. The fourth-order valence-electron chi connectivity index (χ4n) is 1.94. The van der Waals surface area contributed by atoms with Crippen molar-refractivity contribution in [3.8, 4) is 0 Å². The van der Waals surface area contributed by atoms with Crippen molar-refractivity contribution in [2.75, 3.05) is 0 Å². The van der Waals surface area contributed by atoms with E-state index in [2.05, 4.69) is 5.10 Å². The number of rotatable bonds is 2. The number of hydrogen-bond acceptors (Lipinski definition) is 2. The average Bonchev–Trinajstić information content (AvgIpc) is 2.61. The highest BCUT2D eigenvalue weighted by Crippen LogP contribution is 2.25.